The van der Waals surface area contributed by atoms with E-state index in [1.54, 1.807) is 19.1 Å². The van der Waals surface area contributed by atoms with Gasteiger partial charge >= 0.3 is 0 Å². The normalized spacial score (nSPS) is 30.7. The third kappa shape index (κ3) is 1.72. The third-order valence-corrected chi connectivity index (χ3v) is 4.83. The second-order valence-corrected chi connectivity index (χ2v) is 5.31. The smallest absolute Gasteiger partial charge is 0.186 e. The fourth-order valence-corrected chi connectivity index (χ4v) is 3.24. The largest absolute Gasteiger partial charge is 0.372 e. The summed E-state index contributed by atoms with van der Waals surface area (Å²) in [4.78, 5) is 1.42. The number of ether oxygens (including phenoxy) is 2. The molecule has 0 bridgehead atoms. The van der Waals surface area contributed by atoms with E-state index >= 15 is 0 Å². The Morgan fingerprint density at radius 2 is 2.06 bits per heavy atom. The first-order chi connectivity index (χ1) is 8.60. The highest BCUT2D eigenvalue weighted by Crippen LogP contribution is 2.46. The Labute approximate surface area is 115 Å². The van der Waals surface area contributed by atoms with Crippen molar-refractivity contribution in [3.63, 3.8) is 0 Å². The molecule has 0 aliphatic carbocycles. The van der Waals surface area contributed by atoms with Crippen LogP contribution in [0.5, 0.6) is 0 Å². The number of anilines is 1. The Bertz CT molecular complexity index is 488. The van der Waals surface area contributed by atoms with Crippen molar-refractivity contribution in [1.29, 1.82) is 5.26 Å². The lowest BCUT2D eigenvalue weighted by atomic mass is 9.86. The molecule has 0 fully saturated rings. The average molecular weight is 311 g/mol. The van der Waals surface area contributed by atoms with Crippen molar-refractivity contribution in [1.82, 2.24) is 0 Å². The van der Waals surface area contributed by atoms with Crippen LogP contribution in [0.3, 0.4) is 0 Å². The van der Waals surface area contributed by atoms with Crippen molar-refractivity contribution in [2.75, 3.05) is 19.1 Å². The minimum absolute atomic E-state index is 0.144. The van der Waals surface area contributed by atoms with E-state index in [2.05, 4.69) is 22.1 Å². The number of rotatable bonds is 2. The number of nitrogens with zero attached hydrogens (tertiary/aromatic N) is 2. The standard InChI is InChI=1S/C13H15BrN2O2/c1-13(18-3)9-6-4-5-7-10(9)16(8-15)12(17-2)11(13)14/h4-7,11-12H,1-3H3. The second kappa shape index (κ2) is 4.88. The van der Waals surface area contributed by atoms with E-state index in [1.807, 2.05) is 31.2 Å². The molecule has 0 amide bonds. The Morgan fingerprint density at radius 3 is 2.61 bits per heavy atom. The minimum atomic E-state index is -0.537. The van der Waals surface area contributed by atoms with Crippen LogP contribution in [-0.2, 0) is 15.1 Å². The SMILES string of the molecule is COC1C(Br)C(C)(OC)c2ccccc2N1C#N. The molecule has 96 valence electrons. The molecule has 3 unspecified atom stereocenters. The molecule has 5 heteroatoms. The summed E-state index contributed by atoms with van der Waals surface area (Å²) in [6, 6.07) is 7.73. The van der Waals surface area contributed by atoms with Gasteiger partial charge in [-0.25, -0.2) is 0 Å². The van der Waals surface area contributed by atoms with E-state index in [1.165, 1.54) is 0 Å². The van der Waals surface area contributed by atoms with Crippen LogP contribution in [0.1, 0.15) is 12.5 Å². The van der Waals surface area contributed by atoms with Gasteiger partial charge in [-0.1, -0.05) is 34.1 Å². The number of para-hydroxylation sites is 1. The first-order valence-electron chi connectivity index (χ1n) is 5.60. The van der Waals surface area contributed by atoms with Gasteiger partial charge in [-0.3, -0.25) is 4.90 Å². The first kappa shape index (κ1) is 13.3. The van der Waals surface area contributed by atoms with Crippen molar-refractivity contribution in [3.05, 3.63) is 29.8 Å². The zero-order valence-corrected chi connectivity index (χ0v) is 12.1. The van der Waals surface area contributed by atoms with Crippen LogP contribution in [0, 0.1) is 11.5 Å². The summed E-state index contributed by atoms with van der Waals surface area (Å²) in [7, 11) is 3.26. The summed E-state index contributed by atoms with van der Waals surface area (Å²) in [5, 5.41) is 9.33. The van der Waals surface area contributed by atoms with Gasteiger partial charge in [0.25, 0.3) is 0 Å². The molecule has 2 rings (SSSR count). The summed E-state index contributed by atoms with van der Waals surface area (Å²) in [5.41, 5.74) is 1.26. The predicted molar refractivity (Wildman–Crippen MR) is 72.4 cm³/mol. The molecule has 1 aromatic carbocycles. The van der Waals surface area contributed by atoms with Gasteiger partial charge in [0, 0.05) is 19.8 Å². The molecule has 0 spiro atoms. The maximum atomic E-state index is 9.33. The number of benzene rings is 1. The number of hydrogen-bond acceptors (Lipinski definition) is 4. The Balaban J connectivity index is 2.65. The molecule has 0 aromatic heterocycles. The van der Waals surface area contributed by atoms with Crippen molar-refractivity contribution >= 4 is 21.6 Å². The van der Waals surface area contributed by atoms with Gasteiger partial charge < -0.3 is 9.47 Å². The maximum absolute atomic E-state index is 9.33. The Kier molecular flexibility index (Phi) is 3.62. The number of alkyl halides is 1. The summed E-state index contributed by atoms with van der Waals surface area (Å²) in [6.07, 6.45) is 1.78. The fourth-order valence-electron chi connectivity index (χ4n) is 2.35. The highest BCUT2D eigenvalue weighted by Gasteiger charge is 2.48. The van der Waals surface area contributed by atoms with Gasteiger partial charge in [0.1, 0.15) is 5.60 Å². The van der Waals surface area contributed by atoms with Gasteiger partial charge in [-0.15, -0.1) is 0 Å². The second-order valence-electron chi connectivity index (χ2n) is 4.33. The number of methoxy groups -OCH3 is 2. The van der Waals surface area contributed by atoms with Crippen LogP contribution in [-0.4, -0.2) is 25.3 Å². The molecule has 1 aliphatic rings. The number of halogens is 1. The predicted octanol–water partition coefficient (Wildman–Crippen LogP) is 2.59. The fraction of sp³-hybridized carbons (Fsp3) is 0.462. The summed E-state index contributed by atoms with van der Waals surface area (Å²) in [5.74, 6) is 0. The van der Waals surface area contributed by atoms with Crippen LogP contribution < -0.4 is 4.90 Å². The number of hydrogen-bond donors (Lipinski definition) is 0. The average Bonchev–Trinajstić information content (AvgIpc) is 2.42. The quantitative estimate of drug-likeness (QED) is 0.622. The van der Waals surface area contributed by atoms with Gasteiger partial charge in [0.2, 0.25) is 0 Å². The van der Waals surface area contributed by atoms with E-state index < -0.39 is 11.8 Å². The van der Waals surface area contributed by atoms with Crippen molar-refractivity contribution in [3.8, 4) is 6.19 Å². The lowest BCUT2D eigenvalue weighted by Crippen LogP contribution is -2.54. The number of nitriles is 1. The molecule has 0 radical (unpaired) electrons. The first-order valence-corrected chi connectivity index (χ1v) is 6.52. The molecule has 3 atom stereocenters. The Hall–Kier alpha value is -1.09. The van der Waals surface area contributed by atoms with Gasteiger partial charge in [0.05, 0.1) is 10.5 Å². The molecule has 0 saturated carbocycles. The van der Waals surface area contributed by atoms with Crippen molar-refractivity contribution in [2.45, 2.75) is 23.6 Å². The Morgan fingerprint density at radius 1 is 1.39 bits per heavy atom. The molecule has 18 heavy (non-hydrogen) atoms. The van der Waals surface area contributed by atoms with Gasteiger partial charge in [-0.05, 0) is 13.0 Å². The van der Waals surface area contributed by atoms with Crippen LogP contribution in [0.25, 0.3) is 0 Å². The highest BCUT2D eigenvalue weighted by molar-refractivity contribution is 9.09. The zero-order chi connectivity index (χ0) is 13.3. The maximum Gasteiger partial charge on any atom is 0.186 e. The van der Waals surface area contributed by atoms with E-state index in [4.69, 9.17) is 9.47 Å². The van der Waals surface area contributed by atoms with Crippen molar-refractivity contribution < 1.29 is 9.47 Å². The van der Waals surface area contributed by atoms with Gasteiger partial charge in [0.15, 0.2) is 12.4 Å². The molecular formula is C13H15BrN2O2. The lowest BCUT2D eigenvalue weighted by Gasteiger charge is -2.46. The van der Waals surface area contributed by atoms with Crippen LogP contribution in [0.15, 0.2) is 24.3 Å². The topological polar surface area (TPSA) is 45.5 Å². The van der Waals surface area contributed by atoms with E-state index in [0.717, 1.165) is 11.3 Å². The minimum Gasteiger partial charge on any atom is -0.372 e. The monoisotopic (exact) mass is 310 g/mol. The zero-order valence-electron chi connectivity index (χ0n) is 10.6. The molecule has 0 N–H and O–H groups in total. The number of fused-ring (bicyclic) bond motifs is 1. The van der Waals surface area contributed by atoms with Crippen LogP contribution >= 0.6 is 15.9 Å². The molecule has 1 heterocycles. The van der Waals surface area contributed by atoms with Crippen LogP contribution in [0.2, 0.25) is 0 Å². The van der Waals surface area contributed by atoms with E-state index in [0.29, 0.717) is 0 Å². The highest BCUT2D eigenvalue weighted by atomic mass is 79.9. The molecule has 1 aliphatic heterocycles. The molecule has 4 nitrogen and oxygen atoms in total. The summed E-state index contributed by atoms with van der Waals surface area (Å²) < 4.78 is 11.1. The van der Waals surface area contributed by atoms with E-state index in [9.17, 15) is 5.26 Å². The molecule has 1 aromatic rings. The molecular weight excluding hydrogens is 296 g/mol. The molecule has 0 saturated heterocycles. The van der Waals surface area contributed by atoms with Crippen LogP contribution in [0.4, 0.5) is 5.69 Å². The summed E-state index contributed by atoms with van der Waals surface area (Å²) in [6.45, 7) is 1.99. The van der Waals surface area contributed by atoms with E-state index in [-0.39, 0.29) is 4.83 Å². The van der Waals surface area contributed by atoms with Crippen molar-refractivity contribution in [2.24, 2.45) is 0 Å². The lowest BCUT2D eigenvalue weighted by molar-refractivity contribution is -0.0436. The third-order valence-electron chi connectivity index (χ3n) is 3.50. The van der Waals surface area contributed by atoms with Gasteiger partial charge in [-0.2, -0.15) is 5.26 Å². The summed E-state index contributed by atoms with van der Waals surface area (Å²) >= 11 is 3.61.